The average molecular weight is 472 g/mol. The van der Waals surface area contributed by atoms with Crippen LogP contribution in [-0.2, 0) is 12.8 Å². The summed E-state index contributed by atoms with van der Waals surface area (Å²) < 4.78 is 2.41. The van der Waals surface area contributed by atoms with Gasteiger partial charge in [-0.05, 0) is 42.5 Å². The van der Waals surface area contributed by atoms with E-state index in [4.69, 9.17) is 23.2 Å². The number of thioether (sulfide) groups is 1. The Bertz CT molecular complexity index is 995. The summed E-state index contributed by atoms with van der Waals surface area (Å²) in [6.07, 6.45) is 0. The predicted octanol–water partition coefficient (Wildman–Crippen LogP) is 5.28. The van der Waals surface area contributed by atoms with Gasteiger partial charge in [-0.15, -0.1) is 22.0 Å². The van der Waals surface area contributed by atoms with Crippen LogP contribution in [0, 0.1) is 0 Å². The first-order valence-electron chi connectivity index (χ1n) is 7.47. The van der Waals surface area contributed by atoms with Crippen LogP contribution in [0.3, 0.4) is 0 Å². The van der Waals surface area contributed by atoms with Crippen molar-refractivity contribution in [1.29, 1.82) is 0 Å². The smallest absolute Gasteiger partial charge is 0.277 e. The molecule has 9 heteroatoms. The molecule has 3 rings (SSSR count). The number of anilines is 2. The molecule has 1 aromatic heterocycles. The van der Waals surface area contributed by atoms with E-state index in [0.717, 1.165) is 9.37 Å². The van der Waals surface area contributed by atoms with Crippen molar-refractivity contribution in [2.24, 2.45) is 7.05 Å². The van der Waals surface area contributed by atoms with E-state index >= 15 is 0 Å². The molecular formula is C17H13BrCl2N4OS. The lowest BCUT2D eigenvalue weighted by molar-refractivity contribution is 0.764. The standard InChI is InChI=1S/C17H13BrCl2N4OS/c1-24-16(25)15(9-26-12-5-2-10(18)3-6-12)22-23-17(24)21-14-8-11(19)4-7-13(14)20/h2-8H,9H2,1H3,(H,21,23). The first-order chi connectivity index (χ1) is 12.4. The van der Waals surface area contributed by atoms with Crippen molar-refractivity contribution in [2.45, 2.75) is 10.6 Å². The molecule has 0 amide bonds. The molecule has 2 aromatic carbocycles. The molecule has 0 aliphatic heterocycles. The molecule has 134 valence electrons. The molecule has 0 bridgehead atoms. The van der Waals surface area contributed by atoms with Crippen LogP contribution in [0.5, 0.6) is 0 Å². The molecule has 0 aliphatic rings. The molecule has 0 spiro atoms. The summed E-state index contributed by atoms with van der Waals surface area (Å²) in [6.45, 7) is 0. The third-order valence-electron chi connectivity index (χ3n) is 3.50. The first-order valence-corrected chi connectivity index (χ1v) is 10.0. The Morgan fingerprint density at radius 3 is 2.62 bits per heavy atom. The van der Waals surface area contributed by atoms with Crippen LogP contribution in [0.25, 0.3) is 0 Å². The van der Waals surface area contributed by atoms with E-state index in [1.165, 1.54) is 16.3 Å². The topological polar surface area (TPSA) is 59.8 Å². The highest BCUT2D eigenvalue weighted by atomic mass is 79.9. The Kier molecular flexibility index (Phi) is 6.24. The van der Waals surface area contributed by atoms with Crippen molar-refractivity contribution in [3.05, 3.63) is 73.0 Å². The Morgan fingerprint density at radius 2 is 1.88 bits per heavy atom. The second-order valence-electron chi connectivity index (χ2n) is 5.33. The normalized spacial score (nSPS) is 10.8. The first kappa shape index (κ1) is 19.2. The van der Waals surface area contributed by atoms with E-state index in [2.05, 4.69) is 31.4 Å². The van der Waals surface area contributed by atoms with Gasteiger partial charge in [-0.2, -0.15) is 0 Å². The van der Waals surface area contributed by atoms with Crippen molar-refractivity contribution in [3.8, 4) is 0 Å². The summed E-state index contributed by atoms with van der Waals surface area (Å²) in [5, 5.41) is 12.2. The molecule has 1 N–H and O–H groups in total. The highest BCUT2D eigenvalue weighted by Gasteiger charge is 2.11. The van der Waals surface area contributed by atoms with Crippen LogP contribution >= 0.6 is 50.9 Å². The maximum atomic E-state index is 12.5. The fourth-order valence-electron chi connectivity index (χ4n) is 2.10. The van der Waals surface area contributed by atoms with Crippen molar-refractivity contribution in [1.82, 2.24) is 14.8 Å². The number of halogens is 3. The van der Waals surface area contributed by atoms with Crippen LogP contribution in [0.1, 0.15) is 5.69 Å². The summed E-state index contributed by atoms with van der Waals surface area (Å²) in [7, 11) is 1.63. The molecule has 5 nitrogen and oxygen atoms in total. The zero-order valence-corrected chi connectivity index (χ0v) is 17.5. The van der Waals surface area contributed by atoms with E-state index in [1.807, 2.05) is 24.3 Å². The molecular weight excluding hydrogens is 459 g/mol. The number of hydrogen-bond acceptors (Lipinski definition) is 5. The van der Waals surface area contributed by atoms with Gasteiger partial charge in [0.05, 0.1) is 10.7 Å². The van der Waals surface area contributed by atoms with Gasteiger partial charge in [-0.25, -0.2) is 0 Å². The van der Waals surface area contributed by atoms with Gasteiger partial charge >= 0.3 is 0 Å². The third kappa shape index (κ3) is 4.59. The van der Waals surface area contributed by atoms with Crippen LogP contribution in [0.2, 0.25) is 10.0 Å². The molecule has 0 unspecified atom stereocenters. The Balaban J connectivity index is 1.78. The highest BCUT2D eigenvalue weighted by Crippen LogP contribution is 2.27. The summed E-state index contributed by atoms with van der Waals surface area (Å²) in [6, 6.07) is 12.9. The molecule has 26 heavy (non-hydrogen) atoms. The molecule has 0 saturated carbocycles. The monoisotopic (exact) mass is 470 g/mol. The minimum absolute atomic E-state index is 0.217. The zero-order chi connectivity index (χ0) is 18.7. The van der Waals surface area contributed by atoms with Crippen molar-refractivity contribution >= 4 is 62.5 Å². The highest BCUT2D eigenvalue weighted by molar-refractivity contribution is 9.10. The van der Waals surface area contributed by atoms with Gasteiger partial charge in [0.25, 0.3) is 5.56 Å². The second-order valence-corrected chi connectivity index (χ2v) is 8.13. The Labute approximate surface area is 172 Å². The van der Waals surface area contributed by atoms with Gasteiger partial charge in [0.2, 0.25) is 5.95 Å². The lowest BCUT2D eigenvalue weighted by Gasteiger charge is -2.11. The Hall–Kier alpha value is -1.54. The summed E-state index contributed by atoms with van der Waals surface area (Å²) in [5.74, 6) is 0.719. The molecule has 0 fully saturated rings. The SMILES string of the molecule is Cn1c(Nc2cc(Cl)ccc2Cl)nnc(CSc2ccc(Br)cc2)c1=O. The van der Waals surface area contributed by atoms with Gasteiger partial charge in [-0.1, -0.05) is 39.1 Å². The fraction of sp³-hybridized carbons (Fsp3) is 0.118. The molecule has 0 aliphatic carbocycles. The van der Waals surface area contributed by atoms with Crippen LogP contribution < -0.4 is 10.9 Å². The molecule has 3 aromatic rings. The second kappa shape index (κ2) is 8.43. The van der Waals surface area contributed by atoms with Gasteiger partial charge in [0.15, 0.2) is 0 Å². The minimum atomic E-state index is -0.217. The van der Waals surface area contributed by atoms with Crippen LogP contribution in [-0.4, -0.2) is 14.8 Å². The quantitative estimate of drug-likeness (QED) is 0.513. The number of nitrogens with one attached hydrogen (secondary N) is 1. The van der Waals surface area contributed by atoms with Crippen molar-refractivity contribution in [3.63, 3.8) is 0 Å². The number of hydrogen-bond donors (Lipinski definition) is 1. The summed E-state index contributed by atoms with van der Waals surface area (Å²) in [5.41, 5.74) is 0.717. The van der Waals surface area contributed by atoms with Gasteiger partial charge in [-0.3, -0.25) is 9.36 Å². The Morgan fingerprint density at radius 1 is 1.15 bits per heavy atom. The van der Waals surface area contributed by atoms with E-state index in [1.54, 1.807) is 25.2 Å². The molecule has 0 saturated heterocycles. The number of aromatic nitrogens is 3. The van der Waals surface area contributed by atoms with E-state index in [-0.39, 0.29) is 11.5 Å². The van der Waals surface area contributed by atoms with Gasteiger partial charge in [0, 0.05) is 27.2 Å². The molecule has 0 radical (unpaired) electrons. The number of benzene rings is 2. The minimum Gasteiger partial charge on any atom is -0.323 e. The summed E-state index contributed by atoms with van der Waals surface area (Å²) in [4.78, 5) is 13.6. The largest absolute Gasteiger partial charge is 0.323 e. The summed E-state index contributed by atoms with van der Waals surface area (Å²) >= 11 is 17.0. The van der Waals surface area contributed by atoms with Crippen LogP contribution in [0.4, 0.5) is 11.6 Å². The lowest BCUT2D eigenvalue weighted by Crippen LogP contribution is -2.26. The zero-order valence-electron chi connectivity index (χ0n) is 13.5. The maximum absolute atomic E-state index is 12.5. The van der Waals surface area contributed by atoms with Crippen molar-refractivity contribution < 1.29 is 0 Å². The van der Waals surface area contributed by atoms with E-state index in [9.17, 15) is 4.79 Å². The van der Waals surface area contributed by atoms with E-state index < -0.39 is 0 Å². The maximum Gasteiger partial charge on any atom is 0.277 e. The van der Waals surface area contributed by atoms with Gasteiger partial charge in [0.1, 0.15) is 5.69 Å². The van der Waals surface area contributed by atoms with E-state index in [0.29, 0.717) is 27.2 Å². The number of nitrogens with zero attached hydrogens (tertiary/aromatic N) is 3. The van der Waals surface area contributed by atoms with Crippen LogP contribution in [0.15, 0.2) is 56.6 Å². The molecule has 0 atom stereocenters. The number of rotatable bonds is 5. The molecule has 1 heterocycles. The van der Waals surface area contributed by atoms with Gasteiger partial charge < -0.3 is 5.32 Å². The predicted molar refractivity (Wildman–Crippen MR) is 111 cm³/mol. The third-order valence-corrected chi connectivity index (χ3v) is 5.62. The van der Waals surface area contributed by atoms with Crippen molar-refractivity contribution in [2.75, 3.05) is 5.32 Å². The lowest BCUT2D eigenvalue weighted by atomic mass is 10.3. The average Bonchev–Trinajstić information content (AvgIpc) is 2.63. The fourth-order valence-corrected chi connectivity index (χ4v) is 3.52.